The number of nitrogens with zero attached hydrogens (tertiary/aromatic N) is 10. The second-order valence-electron chi connectivity index (χ2n) is 18.2. The molecule has 0 aliphatic carbocycles. The van der Waals surface area contributed by atoms with Gasteiger partial charge in [0.05, 0.1) is 99.8 Å². The van der Waals surface area contributed by atoms with Gasteiger partial charge < -0.3 is 20.4 Å². The van der Waals surface area contributed by atoms with Crippen LogP contribution in [0.15, 0.2) is 165 Å². The van der Waals surface area contributed by atoms with Gasteiger partial charge in [-0.3, -0.25) is 37.4 Å². The van der Waals surface area contributed by atoms with Crippen molar-refractivity contribution in [1.82, 2.24) is 47.3 Å². The molecule has 0 fully saturated rings. The molecule has 0 amide bonds. The summed E-state index contributed by atoms with van der Waals surface area (Å²) in [7, 11) is 0. The number of rotatable bonds is 10. The molecule has 6 aromatic heterocycles. The third-order valence-corrected chi connectivity index (χ3v) is 13.7. The molecule has 13 rings (SSSR count). The third kappa shape index (κ3) is 6.52. The number of para-hydroxylation sites is 8. The first-order chi connectivity index (χ1) is 35.9. The van der Waals surface area contributed by atoms with Crippen LogP contribution in [0.3, 0.4) is 0 Å². The number of benzene rings is 7. The van der Waals surface area contributed by atoms with Crippen LogP contribution in [0.25, 0.3) is 99.8 Å². The second-order valence-corrected chi connectivity index (χ2v) is 18.2. The van der Waals surface area contributed by atoms with Crippen LogP contribution in [0.5, 0.6) is 0 Å². The summed E-state index contributed by atoms with van der Waals surface area (Å²) >= 11 is 0. The van der Waals surface area contributed by atoms with Crippen molar-refractivity contribution in [1.29, 1.82) is 0 Å². The number of hydrogen-bond acceptors (Lipinski definition) is 12. The van der Waals surface area contributed by atoms with E-state index in [1.165, 1.54) is 12.1 Å². The van der Waals surface area contributed by atoms with Crippen molar-refractivity contribution in [2.45, 2.75) is 39.3 Å². The molecular weight excluding hydrogens is 941 g/mol. The van der Waals surface area contributed by atoms with Gasteiger partial charge in [0.15, 0.2) is 0 Å². The Morgan fingerprint density at radius 3 is 0.919 bits per heavy atom. The van der Waals surface area contributed by atoms with Gasteiger partial charge in [0.1, 0.15) is 48.7 Å². The maximum Gasteiger partial charge on any atom is 0.266 e. The zero-order valence-electron chi connectivity index (χ0n) is 39.3. The fourth-order valence-corrected chi connectivity index (χ4v) is 10.5. The highest BCUT2D eigenvalue weighted by molar-refractivity contribution is 5.98. The summed E-state index contributed by atoms with van der Waals surface area (Å²) in [6.45, 7) is 2.28. The van der Waals surface area contributed by atoms with Gasteiger partial charge in [-0.2, -0.15) is 0 Å². The van der Waals surface area contributed by atoms with Crippen LogP contribution in [-0.4, -0.2) is 67.8 Å². The first-order valence-electron chi connectivity index (χ1n) is 23.6. The van der Waals surface area contributed by atoms with E-state index in [2.05, 4.69) is 9.97 Å². The van der Waals surface area contributed by atoms with Gasteiger partial charge in [0.2, 0.25) is 0 Å². The molecule has 4 N–H and O–H groups in total. The van der Waals surface area contributed by atoms with E-state index in [1.807, 2.05) is 84.9 Å². The molecule has 0 spiro atoms. The molecule has 7 aromatic carbocycles. The molecule has 13 aromatic rings. The Bertz CT molecular complexity index is 4430. The molecule has 6 heterocycles. The first-order valence-corrected chi connectivity index (χ1v) is 23.6. The molecule has 0 bridgehead atoms. The van der Waals surface area contributed by atoms with Gasteiger partial charge in [-0.05, 0) is 111 Å². The quantitative estimate of drug-likeness (QED) is 0.118. The topological polar surface area (TPSA) is 230 Å². The Morgan fingerprint density at radius 1 is 0.365 bits per heavy atom. The number of hydrogen-bond donors (Lipinski definition) is 4. The van der Waals surface area contributed by atoms with Crippen LogP contribution < -0.4 is 22.2 Å². The zero-order chi connectivity index (χ0) is 50.8. The number of imidazole rings is 4. The molecule has 2 atom stereocenters. The zero-order valence-corrected chi connectivity index (χ0v) is 39.3. The second kappa shape index (κ2) is 16.6. The van der Waals surface area contributed by atoms with Gasteiger partial charge in [-0.1, -0.05) is 48.5 Å². The van der Waals surface area contributed by atoms with Crippen molar-refractivity contribution in [3.05, 3.63) is 210 Å². The monoisotopic (exact) mass is 980 g/mol. The van der Waals surface area contributed by atoms with Crippen LogP contribution in [0.2, 0.25) is 0 Å². The van der Waals surface area contributed by atoms with Gasteiger partial charge in [-0.15, -0.1) is 0 Å². The number of fused-ring (bicyclic) bond motifs is 6. The Balaban J connectivity index is 1.04. The van der Waals surface area contributed by atoms with Crippen LogP contribution in [0.4, 0.5) is 0 Å². The van der Waals surface area contributed by atoms with E-state index >= 15 is 0 Å². The predicted molar refractivity (Wildman–Crippen MR) is 279 cm³/mol. The molecular formula is C56H40N10O8. The van der Waals surface area contributed by atoms with Crippen LogP contribution in [0, 0.1) is 0 Å². The minimum absolute atomic E-state index is 0.107. The van der Waals surface area contributed by atoms with Crippen LogP contribution in [0.1, 0.15) is 49.4 Å². The van der Waals surface area contributed by atoms with Crippen molar-refractivity contribution in [3.63, 3.8) is 0 Å². The molecule has 18 heteroatoms. The van der Waals surface area contributed by atoms with Crippen LogP contribution >= 0.6 is 0 Å². The van der Waals surface area contributed by atoms with Crippen LogP contribution in [-0.2, 0) is 13.2 Å². The highest BCUT2D eigenvalue weighted by Crippen LogP contribution is 2.34. The summed E-state index contributed by atoms with van der Waals surface area (Å²) in [5.41, 5.74) is 3.77. The average molecular weight is 981 g/mol. The average Bonchev–Trinajstić information content (AvgIpc) is 4.27. The van der Waals surface area contributed by atoms with Gasteiger partial charge in [0.25, 0.3) is 22.2 Å². The van der Waals surface area contributed by atoms with Gasteiger partial charge >= 0.3 is 0 Å². The summed E-state index contributed by atoms with van der Waals surface area (Å²) in [4.78, 5) is 78.3. The Hall–Kier alpha value is -9.46. The summed E-state index contributed by atoms with van der Waals surface area (Å²) in [5.74, 6) is 1.15. The standard InChI is InChI=1S/C56H40N10O8/c1-29(69)51-59-43-13-5-9-17-47(43)63(51)33-22-34(64-48-18-10-6-14-44(48)60-52(64)30(2)70)24-36(23-33)66-55(73)39-25-37-38(26-40(39)56(66)74)54(72)65(53(37)71)35-20-31(61-45-15-7-3-11-41(45)57-49(61)27-67)19-32(21-35)62-46-16-8-4-12-42(46)58-50(62)28-68/h3-26,29-30,67-70H,27-28H2,1-2H3. The van der Waals surface area contributed by atoms with Crippen molar-refractivity contribution >= 4 is 65.7 Å². The number of aliphatic hydroxyl groups is 4. The molecule has 0 aliphatic rings. The fourth-order valence-electron chi connectivity index (χ4n) is 10.5. The molecule has 74 heavy (non-hydrogen) atoms. The molecule has 0 aliphatic heterocycles. The molecule has 0 saturated carbocycles. The van der Waals surface area contributed by atoms with Crippen molar-refractivity contribution in [3.8, 4) is 34.1 Å². The largest absolute Gasteiger partial charge is 0.388 e. The molecule has 362 valence electrons. The van der Waals surface area contributed by atoms with Gasteiger partial charge in [-0.25, -0.2) is 29.1 Å². The van der Waals surface area contributed by atoms with Crippen molar-refractivity contribution < 1.29 is 20.4 Å². The molecule has 0 radical (unpaired) electrons. The van der Waals surface area contributed by atoms with E-state index in [1.54, 1.807) is 80.6 Å². The van der Waals surface area contributed by atoms with Gasteiger partial charge in [0, 0.05) is 0 Å². The lowest BCUT2D eigenvalue weighted by Crippen LogP contribution is -2.24. The highest BCUT2D eigenvalue weighted by atomic mass is 16.3. The number of aromatic nitrogens is 10. The lowest BCUT2D eigenvalue weighted by atomic mass is 10.1. The summed E-state index contributed by atoms with van der Waals surface area (Å²) in [6.07, 6.45) is -2.09. The third-order valence-electron chi connectivity index (χ3n) is 13.7. The minimum atomic E-state index is -1.05. The van der Waals surface area contributed by atoms with E-state index in [0.29, 0.717) is 66.9 Å². The van der Waals surface area contributed by atoms with Crippen molar-refractivity contribution in [2.75, 3.05) is 0 Å². The van der Waals surface area contributed by atoms with E-state index in [0.717, 1.165) is 9.13 Å². The maximum atomic E-state index is 14.9. The first kappa shape index (κ1) is 44.5. The van der Waals surface area contributed by atoms with E-state index in [9.17, 15) is 39.6 Å². The lowest BCUT2D eigenvalue weighted by molar-refractivity contribution is 0.187. The Labute approximate surface area is 415 Å². The molecule has 18 nitrogen and oxygen atoms in total. The summed E-state index contributed by atoms with van der Waals surface area (Å²) < 4.78 is 8.90. The van der Waals surface area contributed by atoms with E-state index in [4.69, 9.17) is 9.97 Å². The Kier molecular flexibility index (Phi) is 9.95. The fraction of sp³-hybridized carbons (Fsp3) is 0.107. The molecule has 2 unspecified atom stereocenters. The maximum absolute atomic E-state index is 14.9. The van der Waals surface area contributed by atoms with Crippen molar-refractivity contribution in [2.24, 2.45) is 0 Å². The highest BCUT2D eigenvalue weighted by Gasteiger charge is 2.26. The lowest BCUT2D eigenvalue weighted by Gasteiger charge is -2.17. The summed E-state index contributed by atoms with van der Waals surface area (Å²) in [5, 5.41) is 42.9. The SMILES string of the molecule is CC(O)c1nc2ccccc2n1-c1cc(-n2c(=O)c3cc4c(=O)n(-c5cc(-n6c(CO)nc7ccccc76)cc(-n6c(CO)nc7ccccc76)c5)c(=O)c4cc3c2=O)cc(-n2c(C(C)O)nc3ccccc32)c1. The normalized spacial score (nSPS) is 12.9. The number of aliphatic hydroxyl groups excluding tert-OH is 4. The van der Waals surface area contributed by atoms with E-state index in [-0.39, 0.29) is 56.2 Å². The molecule has 0 saturated heterocycles. The predicted octanol–water partition coefficient (Wildman–Crippen LogP) is 6.34. The Morgan fingerprint density at radius 2 is 0.622 bits per heavy atom. The minimum Gasteiger partial charge on any atom is -0.388 e. The summed E-state index contributed by atoms with van der Waals surface area (Å²) in [6, 6.07) is 41.8. The smallest absolute Gasteiger partial charge is 0.266 e. The van der Waals surface area contributed by atoms with E-state index < -0.39 is 47.7 Å².